The standard InChI is InChI=1S/C17H33N3/c1-7-11-18-16(12-13(3)8-2)9-10-17-14(4)19-20(6)15(17)5/h13,16,18H,7-12H2,1-6H3. The largest absolute Gasteiger partial charge is 0.314 e. The normalized spacial score (nSPS) is 14.5. The molecule has 0 radical (unpaired) electrons. The van der Waals surface area contributed by atoms with E-state index in [1.807, 2.05) is 11.7 Å². The highest BCUT2D eigenvalue weighted by Gasteiger charge is 2.15. The highest BCUT2D eigenvalue weighted by Crippen LogP contribution is 2.18. The summed E-state index contributed by atoms with van der Waals surface area (Å²) in [7, 11) is 2.04. The van der Waals surface area contributed by atoms with Crippen molar-refractivity contribution < 1.29 is 0 Å². The molecule has 2 unspecified atom stereocenters. The molecule has 0 bridgehead atoms. The van der Waals surface area contributed by atoms with Gasteiger partial charge in [0.25, 0.3) is 0 Å². The van der Waals surface area contributed by atoms with Crippen LogP contribution in [0.1, 0.15) is 63.4 Å². The summed E-state index contributed by atoms with van der Waals surface area (Å²) < 4.78 is 2.01. The Bertz CT molecular complexity index is 395. The van der Waals surface area contributed by atoms with Crippen molar-refractivity contribution in [1.29, 1.82) is 0 Å². The molecule has 1 heterocycles. The monoisotopic (exact) mass is 279 g/mol. The van der Waals surface area contributed by atoms with Crippen LogP contribution >= 0.6 is 0 Å². The van der Waals surface area contributed by atoms with E-state index in [1.54, 1.807) is 0 Å². The molecule has 0 amide bonds. The molecule has 1 aromatic heterocycles. The number of hydrogen-bond acceptors (Lipinski definition) is 2. The fourth-order valence-electron chi connectivity index (χ4n) is 2.80. The van der Waals surface area contributed by atoms with Gasteiger partial charge in [-0.25, -0.2) is 0 Å². The van der Waals surface area contributed by atoms with Crippen molar-refractivity contribution in [2.45, 2.75) is 72.8 Å². The van der Waals surface area contributed by atoms with Crippen LogP contribution in [-0.2, 0) is 13.5 Å². The maximum Gasteiger partial charge on any atom is 0.0628 e. The van der Waals surface area contributed by atoms with E-state index < -0.39 is 0 Å². The highest BCUT2D eigenvalue weighted by atomic mass is 15.3. The maximum atomic E-state index is 4.52. The van der Waals surface area contributed by atoms with E-state index in [0.29, 0.717) is 6.04 Å². The number of nitrogens with zero attached hydrogens (tertiary/aromatic N) is 2. The van der Waals surface area contributed by atoms with Gasteiger partial charge in [0.15, 0.2) is 0 Å². The van der Waals surface area contributed by atoms with E-state index in [4.69, 9.17) is 0 Å². The van der Waals surface area contributed by atoms with E-state index >= 15 is 0 Å². The van der Waals surface area contributed by atoms with Crippen LogP contribution in [0, 0.1) is 19.8 Å². The number of aryl methyl sites for hydroxylation is 2. The molecule has 0 saturated carbocycles. The molecule has 1 N–H and O–H groups in total. The van der Waals surface area contributed by atoms with Gasteiger partial charge in [0, 0.05) is 18.8 Å². The quantitative estimate of drug-likeness (QED) is 0.745. The van der Waals surface area contributed by atoms with Crippen LogP contribution in [0.3, 0.4) is 0 Å². The van der Waals surface area contributed by atoms with Crippen molar-refractivity contribution >= 4 is 0 Å². The van der Waals surface area contributed by atoms with Crippen LogP contribution in [0.4, 0.5) is 0 Å². The van der Waals surface area contributed by atoms with Gasteiger partial charge in [-0.1, -0.05) is 27.2 Å². The number of aromatic nitrogens is 2. The van der Waals surface area contributed by atoms with Crippen LogP contribution in [0.15, 0.2) is 0 Å². The van der Waals surface area contributed by atoms with Crippen LogP contribution in [0.2, 0.25) is 0 Å². The third kappa shape index (κ3) is 4.93. The molecular weight excluding hydrogens is 246 g/mol. The molecule has 2 atom stereocenters. The zero-order valence-electron chi connectivity index (χ0n) is 14.3. The van der Waals surface area contributed by atoms with Gasteiger partial charge in [-0.3, -0.25) is 4.68 Å². The van der Waals surface area contributed by atoms with Crippen molar-refractivity contribution in [3.05, 3.63) is 17.0 Å². The summed E-state index contributed by atoms with van der Waals surface area (Å²) in [5.41, 5.74) is 3.96. The Morgan fingerprint density at radius 2 is 1.95 bits per heavy atom. The fourth-order valence-corrected chi connectivity index (χ4v) is 2.80. The van der Waals surface area contributed by atoms with Crippen LogP contribution in [-0.4, -0.2) is 22.4 Å². The van der Waals surface area contributed by atoms with Gasteiger partial charge in [0.2, 0.25) is 0 Å². The Morgan fingerprint density at radius 3 is 2.45 bits per heavy atom. The molecule has 116 valence electrons. The van der Waals surface area contributed by atoms with Gasteiger partial charge >= 0.3 is 0 Å². The predicted octanol–water partition coefficient (Wildman–Crippen LogP) is 3.77. The second kappa shape index (κ2) is 8.46. The molecule has 0 fully saturated rings. The average molecular weight is 279 g/mol. The summed E-state index contributed by atoms with van der Waals surface area (Å²) in [4.78, 5) is 0. The molecule has 20 heavy (non-hydrogen) atoms. The Hall–Kier alpha value is -0.830. The minimum absolute atomic E-state index is 0.643. The first-order valence-electron chi connectivity index (χ1n) is 8.21. The fraction of sp³-hybridized carbons (Fsp3) is 0.824. The van der Waals surface area contributed by atoms with Gasteiger partial charge in [0.05, 0.1) is 5.69 Å². The van der Waals surface area contributed by atoms with E-state index in [9.17, 15) is 0 Å². The zero-order chi connectivity index (χ0) is 15.1. The first-order valence-corrected chi connectivity index (χ1v) is 8.21. The van der Waals surface area contributed by atoms with Crippen molar-refractivity contribution in [1.82, 2.24) is 15.1 Å². The minimum Gasteiger partial charge on any atom is -0.314 e. The van der Waals surface area contributed by atoms with Crippen LogP contribution in [0.25, 0.3) is 0 Å². The smallest absolute Gasteiger partial charge is 0.0628 e. The van der Waals surface area contributed by atoms with Crippen molar-refractivity contribution in [3.63, 3.8) is 0 Å². The third-order valence-electron chi connectivity index (χ3n) is 4.47. The summed E-state index contributed by atoms with van der Waals surface area (Å²) in [6.45, 7) is 12.3. The van der Waals surface area contributed by atoms with Crippen LogP contribution in [0.5, 0.6) is 0 Å². The number of hydrogen-bond donors (Lipinski definition) is 1. The second-order valence-corrected chi connectivity index (χ2v) is 6.21. The number of nitrogens with one attached hydrogen (secondary N) is 1. The first-order chi connectivity index (χ1) is 9.49. The number of rotatable bonds is 9. The summed E-state index contributed by atoms with van der Waals surface area (Å²) in [6.07, 6.45) is 6.13. The molecule has 0 aliphatic heterocycles. The molecule has 0 aromatic carbocycles. The summed E-state index contributed by atoms with van der Waals surface area (Å²) in [6, 6.07) is 0.643. The highest BCUT2D eigenvalue weighted by molar-refractivity contribution is 5.24. The SMILES string of the molecule is CCCNC(CCc1c(C)nn(C)c1C)CC(C)CC. The molecule has 0 aliphatic rings. The van der Waals surface area contributed by atoms with Crippen LogP contribution < -0.4 is 5.32 Å². The molecule has 0 spiro atoms. The van der Waals surface area contributed by atoms with Gasteiger partial charge < -0.3 is 5.32 Å². The molecule has 0 aliphatic carbocycles. The van der Waals surface area contributed by atoms with Gasteiger partial charge in [-0.15, -0.1) is 0 Å². The summed E-state index contributed by atoms with van der Waals surface area (Å²) >= 11 is 0. The Morgan fingerprint density at radius 1 is 1.25 bits per heavy atom. The molecular formula is C17H33N3. The Kier molecular flexibility index (Phi) is 7.28. The second-order valence-electron chi connectivity index (χ2n) is 6.21. The Labute approximate surface area is 125 Å². The molecule has 1 aromatic rings. The van der Waals surface area contributed by atoms with E-state index in [0.717, 1.165) is 18.9 Å². The lowest BCUT2D eigenvalue weighted by atomic mass is 9.94. The van der Waals surface area contributed by atoms with Crippen molar-refractivity contribution in [2.75, 3.05) is 6.54 Å². The lowest BCUT2D eigenvalue weighted by Gasteiger charge is -2.21. The van der Waals surface area contributed by atoms with Gasteiger partial charge in [0.1, 0.15) is 0 Å². The summed E-state index contributed by atoms with van der Waals surface area (Å²) in [5, 5.41) is 8.25. The first kappa shape index (κ1) is 17.2. The van der Waals surface area contributed by atoms with E-state index in [1.165, 1.54) is 42.6 Å². The maximum absolute atomic E-state index is 4.52. The minimum atomic E-state index is 0.643. The molecule has 3 nitrogen and oxygen atoms in total. The Balaban J connectivity index is 2.60. The van der Waals surface area contributed by atoms with E-state index in [2.05, 4.69) is 45.0 Å². The topological polar surface area (TPSA) is 29.9 Å². The van der Waals surface area contributed by atoms with Gasteiger partial charge in [-0.05, 0) is 57.6 Å². The molecule has 1 rings (SSSR count). The zero-order valence-corrected chi connectivity index (χ0v) is 14.3. The summed E-state index contributed by atoms with van der Waals surface area (Å²) in [5.74, 6) is 0.806. The predicted molar refractivity (Wildman–Crippen MR) is 87.2 cm³/mol. The lowest BCUT2D eigenvalue weighted by molar-refractivity contribution is 0.376. The van der Waals surface area contributed by atoms with Gasteiger partial charge in [-0.2, -0.15) is 5.10 Å². The van der Waals surface area contributed by atoms with E-state index in [-0.39, 0.29) is 0 Å². The average Bonchev–Trinajstić information content (AvgIpc) is 2.66. The van der Waals surface area contributed by atoms with Crippen molar-refractivity contribution in [2.24, 2.45) is 13.0 Å². The molecule has 3 heteroatoms. The third-order valence-corrected chi connectivity index (χ3v) is 4.47. The lowest BCUT2D eigenvalue weighted by Crippen LogP contribution is -2.32. The van der Waals surface area contributed by atoms with Crippen molar-refractivity contribution in [3.8, 4) is 0 Å². The molecule has 0 saturated heterocycles.